The molecule has 98 valence electrons. The van der Waals surface area contributed by atoms with E-state index in [1.807, 2.05) is 24.3 Å². The second kappa shape index (κ2) is 4.51. The van der Waals surface area contributed by atoms with Crippen LogP contribution in [0.25, 0.3) is 10.8 Å². The molecule has 4 N–H and O–H groups in total. The van der Waals surface area contributed by atoms with Gasteiger partial charge in [0.1, 0.15) is 5.82 Å². The Morgan fingerprint density at radius 3 is 2.95 bits per heavy atom. The highest BCUT2D eigenvalue weighted by atomic mass is 16.2. The molecule has 1 saturated heterocycles. The van der Waals surface area contributed by atoms with E-state index in [-0.39, 0.29) is 11.9 Å². The summed E-state index contributed by atoms with van der Waals surface area (Å²) in [6.45, 7) is 1.30. The Balaban J connectivity index is 1.90. The minimum atomic E-state index is -0.341. The number of anilines is 1. The largest absolute Gasteiger partial charge is 0.383 e. The van der Waals surface area contributed by atoms with Gasteiger partial charge in [-0.05, 0) is 29.5 Å². The van der Waals surface area contributed by atoms with Crippen LogP contribution >= 0.6 is 0 Å². The second-order valence-electron chi connectivity index (χ2n) is 4.91. The molecular weight excluding hydrogens is 240 g/mol. The summed E-state index contributed by atoms with van der Waals surface area (Å²) in [4.78, 5) is 17.7. The van der Waals surface area contributed by atoms with Crippen molar-refractivity contribution in [2.45, 2.75) is 19.0 Å². The Bertz CT molecular complexity index is 640. The standard InChI is InChI=1S/C14H16N4O/c15-12-4-6-18(14(12)19)8-9-1-2-10-3-5-17-13(16)11(10)7-9/h1-3,5,7,12H,4,6,8,15H2,(H2,16,17). The Morgan fingerprint density at radius 2 is 2.21 bits per heavy atom. The van der Waals surface area contributed by atoms with Crippen LogP contribution in [0, 0.1) is 0 Å². The van der Waals surface area contributed by atoms with Crippen LogP contribution in [-0.2, 0) is 11.3 Å². The summed E-state index contributed by atoms with van der Waals surface area (Å²) in [6, 6.07) is 7.59. The second-order valence-corrected chi connectivity index (χ2v) is 4.91. The maximum Gasteiger partial charge on any atom is 0.239 e. The van der Waals surface area contributed by atoms with Crippen LogP contribution in [-0.4, -0.2) is 28.4 Å². The molecule has 1 amide bonds. The molecule has 1 atom stereocenters. The van der Waals surface area contributed by atoms with Crippen molar-refractivity contribution < 1.29 is 4.79 Å². The number of rotatable bonds is 2. The molecule has 1 aromatic heterocycles. The quantitative estimate of drug-likeness (QED) is 0.835. The number of pyridine rings is 1. The molecule has 1 aromatic carbocycles. The van der Waals surface area contributed by atoms with Gasteiger partial charge >= 0.3 is 0 Å². The third-order valence-corrected chi connectivity index (χ3v) is 3.57. The molecule has 3 rings (SSSR count). The highest BCUT2D eigenvalue weighted by molar-refractivity contribution is 5.91. The van der Waals surface area contributed by atoms with Crippen LogP contribution < -0.4 is 11.5 Å². The summed E-state index contributed by atoms with van der Waals surface area (Å²) in [5.41, 5.74) is 12.6. The predicted octanol–water partition coefficient (Wildman–Crippen LogP) is 0.877. The Hall–Kier alpha value is -2.14. The van der Waals surface area contributed by atoms with Gasteiger partial charge in [0.15, 0.2) is 0 Å². The molecule has 0 aliphatic carbocycles. The fourth-order valence-corrected chi connectivity index (χ4v) is 2.48. The van der Waals surface area contributed by atoms with E-state index in [4.69, 9.17) is 11.5 Å². The first-order valence-corrected chi connectivity index (χ1v) is 6.32. The zero-order chi connectivity index (χ0) is 13.4. The van der Waals surface area contributed by atoms with E-state index in [1.54, 1.807) is 11.1 Å². The number of hydrogen-bond acceptors (Lipinski definition) is 4. The highest BCUT2D eigenvalue weighted by Gasteiger charge is 2.28. The number of fused-ring (bicyclic) bond motifs is 1. The molecule has 19 heavy (non-hydrogen) atoms. The maximum absolute atomic E-state index is 11.8. The number of benzene rings is 1. The normalized spacial score (nSPS) is 19.3. The van der Waals surface area contributed by atoms with E-state index in [0.717, 1.165) is 29.3 Å². The van der Waals surface area contributed by atoms with Crippen molar-refractivity contribution in [1.29, 1.82) is 0 Å². The van der Waals surface area contributed by atoms with Gasteiger partial charge in [0, 0.05) is 24.7 Å². The van der Waals surface area contributed by atoms with Crippen LogP contribution in [0.3, 0.4) is 0 Å². The number of aromatic nitrogens is 1. The Morgan fingerprint density at radius 1 is 1.37 bits per heavy atom. The fraction of sp³-hybridized carbons (Fsp3) is 0.286. The van der Waals surface area contributed by atoms with Gasteiger partial charge in [-0.15, -0.1) is 0 Å². The molecule has 0 bridgehead atoms. The minimum Gasteiger partial charge on any atom is -0.383 e. The number of amides is 1. The molecule has 0 radical (unpaired) electrons. The smallest absolute Gasteiger partial charge is 0.239 e. The summed E-state index contributed by atoms with van der Waals surface area (Å²) in [6.07, 6.45) is 2.43. The average molecular weight is 256 g/mol. The Kier molecular flexibility index (Phi) is 2.83. The summed E-state index contributed by atoms with van der Waals surface area (Å²) < 4.78 is 0. The van der Waals surface area contributed by atoms with Gasteiger partial charge in [-0.3, -0.25) is 4.79 Å². The molecule has 0 saturated carbocycles. The lowest BCUT2D eigenvalue weighted by Gasteiger charge is -2.16. The van der Waals surface area contributed by atoms with Crippen LogP contribution in [0.15, 0.2) is 30.5 Å². The SMILES string of the molecule is Nc1nccc2ccc(CN3CCC(N)C3=O)cc12. The van der Waals surface area contributed by atoms with Gasteiger partial charge < -0.3 is 16.4 Å². The first kappa shape index (κ1) is 11.9. The molecule has 2 aromatic rings. The molecule has 0 spiro atoms. The lowest BCUT2D eigenvalue weighted by atomic mass is 10.1. The van der Waals surface area contributed by atoms with Crippen molar-refractivity contribution in [3.05, 3.63) is 36.0 Å². The van der Waals surface area contributed by atoms with Gasteiger partial charge in [0.25, 0.3) is 0 Å². The van der Waals surface area contributed by atoms with E-state index in [1.165, 1.54) is 0 Å². The number of carbonyl (C=O) groups is 1. The number of nitrogens with two attached hydrogens (primary N) is 2. The molecule has 5 heteroatoms. The van der Waals surface area contributed by atoms with Gasteiger partial charge in [0.05, 0.1) is 6.04 Å². The van der Waals surface area contributed by atoms with Crippen molar-refractivity contribution in [3.8, 4) is 0 Å². The minimum absolute atomic E-state index is 0.0271. The van der Waals surface area contributed by atoms with Crippen LogP contribution in [0.4, 0.5) is 5.82 Å². The summed E-state index contributed by atoms with van der Waals surface area (Å²) in [7, 11) is 0. The monoisotopic (exact) mass is 256 g/mol. The van der Waals surface area contributed by atoms with Crippen LogP contribution in [0.2, 0.25) is 0 Å². The van der Waals surface area contributed by atoms with Gasteiger partial charge in [-0.2, -0.15) is 0 Å². The predicted molar refractivity (Wildman–Crippen MR) is 74.2 cm³/mol. The third-order valence-electron chi connectivity index (χ3n) is 3.57. The topological polar surface area (TPSA) is 85.2 Å². The van der Waals surface area contributed by atoms with Crippen molar-refractivity contribution >= 4 is 22.5 Å². The zero-order valence-corrected chi connectivity index (χ0v) is 10.5. The fourth-order valence-electron chi connectivity index (χ4n) is 2.48. The van der Waals surface area contributed by atoms with Crippen molar-refractivity contribution in [3.63, 3.8) is 0 Å². The maximum atomic E-state index is 11.8. The van der Waals surface area contributed by atoms with E-state index in [2.05, 4.69) is 4.98 Å². The average Bonchev–Trinajstić information content (AvgIpc) is 2.72. The van der Waals surface area contributed by atoms with Crippen LogP contribution in [0.1, 0.15) is 12.0 Å². The first-order chi connectivity index (χ1) is 9.15. The lowest BCUT2D eigenvalue weighted by Crippen LogP contribution is -2.33. The molecule has 5 nitrogen and oxygen atoms in total. The van der Waals surface area contributed by atoms with Crippen molar-refractivity contribution in [2.24, 2.45) is 5.73 Å². The summed E-state index contributed by atoms with van der Waals surface area (Å²) in [5.74, 6) is 0.544. The van der Waals surface area contributed by atoms with E-state index >= 15 is 0 Å². The van der Waals surface area contributed by atoms with Crippen molar-refractivity contribution in [2.75, 3.05) is 12.3 Å². The molecule has 1 fully saturated rings. The number of carbonyl (C=O) groups excluding carboxylic acids is 1. The Labute approximate surface area is 111 Å². The number of nitrogens with zero attached hydrogens (tertiary/aromatic N) is 2. The summed E-state index contributed by atoms with van der Waals surface area (Å²) in [5, 5.41) is 1.98. The molecule has 1 aliphatic rings. The van der Waals surface area contributed by atoms with Gasteiger partial charge in [-0.1, -0.05) is 12.1 Å². The number of likely N-dealkylation sites (tertiary alicyclic amines) is 1. The number of nitrogen functional groups attached to an aromatic ring is 1. The van der Waals surface area contributed by atoms with E-state index < -0.39 is 0 Å². The summed E-state index contributed by atoms with van der Waals surface area (Å²) >= 11 is 0. The van der Waals surface area contributed by atoms with E-state index in [9.17, 15) is 4.79 Å². The first-order valence-electron chi connectivity index (χ1n) is 6.32. The van der Waals surface area contributed by atoms with Crippen LogP contribution in [0.5, 0.6) is 0 Å². The van der Waals surface area contributed by atoms with Gasteiger partial charge in [0.2, 0.25) is 5.91 Å². The van der Waals surface area contributed by atoms with E-state index in [0.29, 0.717) is 12.4 Å². The molecule has 2 heterocycles. The highest BCUT2D eigenvalue weighted by Crippen LogP contribution is 2.22. The zero-order valence-electron chi connectivity index (χ0n) is 10.5. The number of hydrogen-bond donors (Lipinski definition) is 2. The van der Waals surface area contributed by atoms with Crippen molar-refractivity contribution in [1.82, 2.24) is 9.88 Å². The third kappa shape index (κ3) is 2.13. The van der Waals surface area contributed by atoms with Gasteiger partial charge in [-0.25, -0.2) is 4.98 Å². The molecule has 1 unspecified atom stereocenters. The molecule has 1 aliphatic heterocycles. The molecular formula is C14H16N4O. The lowest BCUT2D eigenvalue weighted by molar-refractivity contribution is -0.129.